The van der Waals surface area contributed by atoms with E-state index >= 15 is 0 Å². The maximum Gasteiger partial charge on any atom is 0.390 e. The van der Waals surface area contributed by atoms with Gasteiger partial charge in [0, 0.05) is 6.92 Å². The number of benzene rings is 1. The minimum atomic E-state index is -1.58. The van der Waals surface area contributed by atoms with Crippen LogP contribution in [0.5, 0.6) is 11.5 Å². The molecule has 4 nitrogen and oxygen atoms in total. The summed E-state index contributed by atoms with van der Waals surface area (Å²) in [6.45, 7) is 1.37. The van der Waals surface area contributed by atoms with Crippen molar-refractivity contribution in [1.29, 1.82) is 0 Å². The molecule has 1 aromatic rings. The van der Waals surface area contributed by atoms with E-state index in [1.807, 2.05) is 0 Å². The molecule has 1 aliphatic heterocycles. The van der Waals surface area contributed by atoms with Gasteiger partial charge in [0.1, 0.15) is 0 Å². The van der Waals surface area contributed by atoms with E-state index in [0.717, 1.165) is 0 Å². The van der Waals surface area contributed by atoms with E-state index in [4.69, 9.17) is 14.6 Å². The van der Waals surface area contributed by atoms with Gasteiger partial charge in [-0.05, 0) is 12.1 Å². The highest BCUT2D eigenvalue weighted by atomic mass is 16.7. The van der Waals surface area contributed by atoms with Crippen molar-refractivity contribution < 1.29 is 19.4 Å². The molecule has 0 saturated carbocycles. The minimum Gasteiger partial charge on any atom is -0.475 e. The van der Waals surface area contributed by atoms with Crippen molar-refractivity contribution in [3.05, 3.63) is 24.3 Å². The Morgan fingerprint density at radius 3 is 2.15 bits per heavy atom. The average molecular weight is 180 g/mol. The Morgan fingerprint density at radius 2 is 1.77 bits per heavy atom. The van der Waals surface area contributed by atoms with Gasteiger partial charge in [-0.25, -0.2) is 4.79 Å². The van der Waals surface area contributed by atoms with Crippen LogP contribution in [-0.2, 0) is 4.79 Å². The maximum atomic E-state index is 10.7. The Labute approximate surface area is 74.7 Å². The van der Waals surface area contributed by atoms with Gasteiger partial charge in [-0.15, -0.1) is 0 Å². The van der Waals surface area contributed by atoms with Gasteiger partial charge >= 0.3 is 11.8 Å². The van der Waals surface area contributed by atoms with Crippen molar-refractivity contribution in [2.75, 3.05) is 0 Å². The minimum absolute atomic E-state index is 0.465. The van der Waals surface area contributed by atoms with Gasteiger partial charge in [0.2, 0.25) is 0 Å². The zero-order valence-electron chi connectivity index (χ0n) is 6.98. The Hall–Kier alpha value is -1.71. The molecular weight excluding hydrogens is 172 g/mol. The first-order valence-corrected chi connectivity index (χ1v) is 3.82. The third-order valence-corrected chi connectivity index (χ3v) is 1.85. The summed E-state index contributed by atoms with van der Waals surface area (Å²) in [5, 5.41) is 8.79. The Kier molecular flexibility index (Phi) is 1.45. The largest absolute Gasteiger partial charge is 0.475 e. The smallest absolute Gasteiger partial charge is 0.390 e. The highest BCUT2D eigenvalue weighted by molar-refractivity contribution is 5.77. The number of carboxylic acids is 1. The van der Waals surface area contributed by atoms with Crippen molar-refractivity contribution in [2.45, 2.75) is 12.7 Å². The first kappa shape index (κ1) is 7.91. The summed E-state index contributed by atoms with van der Waals surface area (Å²) in [6.07, 6.45) is 0. The standard InChI is InChI=1S/C9H8O4/c1-9(8(10)11)12-6-4-2-3-5-7(6)13-9/h2-5H,1H3,(H,10,11). The van der Waals surface area contributed by atoms with Gasteiger partial charge in [-0.2, -0.15) is 0 Å². The molecule has 0 radical (unpaired) electrons. The summed E-state index contributed by atoms with van der Waals surface area (Å²) >= 11 is 0. The molecule has 0 bridgehead atoms. The molecule has 0 amide bonds. The van der Waals surface area contributed by atoms with Crippen LogP contribution in [0.2, 0.25) is 0 Å². The van der Waals surface area contributed by atoms with Gasteiger partial charge in [0.05, 0.1) is 0 Å². The topological polar surface area (TPSA) is 55.8 Å². The predicted octanol–water partition coefficient (Wildman–Crippen LogP) is 1.26. The monoisotopic (exact) mass is 180 g/mol. The number of hydrogen-bond acceptors (Lipinski definition) is 3. The second kappa shape index (κ2) is 2.39. The molecule has 0 aliphatic carbocycles. The highest BCUT2D eigenvalue weighted by Crippen LogP contribution is 2.38. The lowest BCUT2D eigenvalue weighted by atomic mass is 10.3. The summed E-state index contributed by atoms with van der Waals surface area (Å²) in [6, 6.07) is 6.86. The van der Waals surface area contributed by atoms with Crippen LogP contribution < -0.4 is 9.47 Å². The van der Waals surface area contributed by atoms with Gasteiger partial charge in [0.25, 0.3) is 0 Å². The van der Waals surface area contributed by atoms with Crippen LogP contribution in [0.4, 0.5) is 0 Å². The van der Waals surface area contributed by atoms with Crippen molar-refractivity contribution in [3.8, 4) is 11.5 Å². The van der Waals surface area contributed by atoms with Crippen LogP contribution in [0.3, 0.4) is 0 Å². The lowest BCUT2D eigenvalue weighted by Crippen LogP contribution is -2.43. The third-order valence-electron chi connectivity index (χ3n) is 1.85. The molecule has 0 unspecified atom stereocenters. The molecule has 68 valence electrons. The van der Waals surface area contributed by atoms with Gasteiger partial charge in [-0.1, -0.05) is 12.1 Å². The number of ether oxygens (including phenoxy) is 2. The second-order valence-electron chi connectivity index (χ2n) is 2.90. The Morgan fingerprint density at radius 1 is 1.31 bits per heavy atom. The van der Waals surface area contributed by atoms with Crippen LogP contribution in [0, 0.1) is 0 Å². The summed E-state index contributed by atoms with van der Waals surface area (Å²) in [5.41, 5.74) is 0. The fourth-order valence-electron chi connectivity index (χ4n) is 1.15. The quantitative estimate of drug-likeness (QED) is 0.706. The normalized spacial score (nSPS) is 17.0. The number of carbonyl (C=O) groups is 1. The molecule has 0 saturated heterocycles. The molecule has 0 atom stereocenters. The predicted molar refractivity (Wildman–Crippen MR) is 43.7 cm³/mol. The molecule has 4 heteroatoms. The van der Waals surface area contributed by atoms with E-state index in [1.165, 1.54) is 6.92 Å². The van der Waals surface area contributed by atoms with E-state index in [1.54, 1.807) is 24.3 Å². The Bertz CT molecular complexity index is 333. The van der Waals surface area contributed by atoms with Crippen LogP contribution in [0.15, 0.2) is 24.3 Å². The maximum absolute atomic E-state index is 10.7. The van der Waals surface area contributed by atoms with E-state index in [9.17, 15) is 4.79 Å². The highest BCUT2D eigenvalue weighted by Gasteiger charge is 2.44. The molecule has 1 heterocycles. The van der Waals surface area contributed by atoms with Crippen LogP contribution >= 0.6 is 0 Å². The zero-order valence-corrected chi connectivity index (χ0v) is 6.98. The number of fused-ring (bicyclic) bond motifs is 1. The van der Waals surface area contributed by atoms with E-state index in [-0.39, 0.29) is 0 Å². The Balaban J connectivity index is 2.37. The number of rotatable bonds is 1. The van der Waals surface area contributed by atoms with Crippen molar-refractivity contribution in [2.24, 2.45) is 0 Å². The molecule has 1 aliphatic rings. The number of carboxylic acid groups (broad SMARTS) is 1. The van der Waals surface area contributed by atoms with E-state index in [0.29, 0.717) is 11.5 Å². The SMILES string of the molecule is CC1(C(=O)O)Oc2ccccc2O1. The van der Waals surface area contributed by atoms with Crippen molar-refractivity contribution >= 4 is 5.97 Å². The van der Waals surface area contributed by atoms with E-state index < -0.39 is 11.8 Å². The first-order chi connectivity index (χ1) is 6.12. The average Bonchev–Trinajstić information content (AvgIpc) is 2.42. The second-order valence-corrected chi connectivity index (χ2v) is 2.90. The summed E-state index contributed by atoms with van der Waals surface area (Å²) in [5.74, 6) is -1.78. The number of hydrogen-bond donors (Lipinski definition) is 1. The van der Waals surface area contributed by atoms with Gasteiger partial charge < -0.3 is 14.6 Å². The van der Waals surface area contributed by atoms with Crippen LogP contribution in [0.1, 0.15) is 6.92 Å². The van der Waals surface area contributed by atoms with Crippen molar-refractivity contribution in [1.82, 2.24) is 0 Å². The first-order valence-electron chi connectivity index (χ1n) is 3.82. The van der Waals surface area contributed by atoms with Crippen LogP contribution in [-0.4, -0.2) is 16.9 Å². The molecule has 13 heavy (non-hydrogen) atoms. The third kappa shape index (κ3) is 1.11. The van der Waals surface area contributed by atoms with Gasteiger partial charge in [0.15, 0.2) is 11.5 Å². The van der Waals surface area contributed by atoms with Crippen molar-refractivity contribution in [3.63, 3.8) is 0 Å². The van der Waals surface area contributed by atoms with Crippen LogP contribution in [0.25, 0.3) is 0 Å². The lowest BCUT2D eigenvalue weighted by molar-refractivity contribution is -0.173. The molecular formula is C9H8O4. The molecule has 1 N–H and O–H groups in total. The summed E-state index contributed by atoms with van der Waals surface area (Å²) in [7, 11) is 0. The number of aliphatic carboxylic acids is 1. The molecule has 1 aromatic carbocycles. The number of para-hydroxylation sites is 2. The zero-order chi connectivity index (χ0) is 9.47. The summed E-state index contributed by atoms with van der Waals surface area (Å²) in [4.78, 5) is 10.7. The molecule has 2 rings (SSSR count). The van der Waals surface area contributed by atoms with Gasteiger partial charge in [-0.3, -0.25) is 0 Å². The fraction of sp³-hybridized carbons (Fsp3) is 0.222. The summed E-state index contributed by atoms with van der Waals surface area (Å²) < 4.78 is 10.3. The lowest BCUT2D eigenvalue weighted by Gasteiger charge is -2.16. The van der Waals surface area contributed by atoms with E-state index in [2.05, 4.69) is 0 Å². The molecule has 0 spiro atoms. The molecule has 0 fully saturated rings. The fourth-order valence-corrected chi connectivity index (χ4v) is 1.15. The molecule has 0 aromatic heterocycles.